The van der Waals surface area contributed by atoms with Crippen molar-refractivity contribution in [3.05, 3.63) is 109 Å². The minimum Gasteiger partial charge on any atom is -0.502 e. The Bertz CT molecular complexity index is 1330. The lowest BCUT2D eigenvalue weighted by molar-refractivity contribution is -0.385. The van der Waals surface area contributed by atoms with Gasteiger partial charge in [-0.05, 0) is 53.6 Å². The third-order valence-electron chi connectivity index (χ3n) is 5.16. The zero-order valence-electron chi connectivity index (χ0n) is 17.4. The molecule has 1 aliphatic rings. The van der Waals surface area contributed by atoms with Gasteiger partial charge < -0.3 is 5.11 Å². The van der Waals surface area contributed by atoms with E-state index >= 15 is 0 Å². The van der Waals surface area contributed by atoms with E-state index in [0.717, 1.165) is 10.5 Å². The lowest BCUT2D eigenvalue weighted by Gasteiger charge is -2.14. The Morgan fingerprint density at radius 1 is 1.09 bits per heavy atom. The number of nitrogens with zero attached hydrogens (tertiary/aromatic N) is 2. The van der Waals surface area contributed by atoms with Crippen LogP contribution in [0, 0.1) is 15.9 Å². The van der Waals surface area contributed by atoms with Gasteiger partial charge in [-0.15, -0.1) is 0 Å². The number of rotatable bonds is 6. The number of carbonyl (C=O) groups excluding carboxylic acids is 2. The van der Waals surface area contributed by atoms with Gasteiger partial charge in [-0.2, -0.15) is 0 Å². The van der Waals surface area contributed by atoms with Crippen LogP contribution in [-0.2, 0) is 17.8 Å². The van der Waals surface area contributed by atoms with E-state index in [4.69, 9.17) is 11.6 Å². The molecule has 1 aliphatic heterocycles. The van der Waals surface area contributed by atoms with E-state index in [9.17, 15) is 29.2 Å². The molecule has 34 heavy (non-hydrogen) atoms. The van der Waals surface area contributed by atoms with Crippen LogP contribution < -0.4 is 0 Å². The summed E-state index contributed by atoms with van der Waals surface area (Å²) < 4.78 is 14.1. The molecule has 2 amide bonds. The molecule has 3 aromatic carbocycles. The van der Waals surface area contributed by atoms with E-state index in [-0.39, 0.29) is 27.6 Å². The molecule has 1 heterocycles. The quantitative estimate of drug-likeness (QED) is 0.257. The van der Waals surface area contributed by atoms with Crippen LogP contribution in [-0.4, -0.2) is 26.1 Å². The number of halogens is 2. The van der Waals surface area contributed by atoms with Gasteiger partial charge >= 0.3 is 5.69 Å². The summed E-state index contributed by atoms with van der Waals surface area (Å²) in [5, 5.41) is 21.4. The third-order valence-corrected chi connectivity index (χ3v) is 6.43. The molecular weight excluding hydrogens is 483 g/mol. The minimum absolute atomic E-state index is 0.00365. The predicted molar refractivity (Wildman–Crippen MR) is 127 cm³/mol. The number of aromatic hydroxyl groups is 1. The Morgan fingerprint density at radius 2 is 1.82 bits per heavy atom. The molecule has 0 spiro atoms. The topological polar surface area (TPSA) is 101 Å². The van der Waals surface area contributed by atoms with Crippen molar-refractivity contribution in [3.63, 3.8) is 0 Å². The highest BCUT2D eigenvalue weighted by atomic mass is 35.5. The highest BCUT2D eigenvalue weighted by Crippen LogP contribution is 2.38. The molecule has 0 atom stereocenters. The minimum atomic E-state index is -0.718. The number of phenolic OH excluding ortho intramolecular Hbond substituents is 1. The van der Waals surface area contributed by atoms with Crippen LogP contribution in [0.25, 0.3) is 6.08 Å². The number of nitro groups is 1. The fraction of sp³-hybridized carbons (Fsp3) is 0.0833. The first-order valence-electron chi connectivity index (χ1n) is 9.97. The van der Waals surface area contributed by atoms with Crippen LogP contribution in [0.1, 0.15) is 22.3 Å². The first kappa shape index (κ1) is 23.5. The summed E-state index contributed by atoms with van der Waals surface area (Å²) in [6.45, 7) is -0.367. The molecule has 0 radical (unpaired) electrons. The number of amides is 2. The summed E-state index contributed by atoms with van der Waals surface area (Å²) in [7, 11) is 0. The molecule has 1 saturated heterocycles. The number of thioether (sulfide) groups is 1. The summed E-state index contributed by atoms with van der Waals surface area (Å²) in [4.78, 5) is 36.9. The fourth-order valence-corrected chi connectivity index (χ4v) is 4.56. The molecule has 7 nitrogen and oxygen atoms in total. The summed E-state index contributed by atoms with van der Waals surface area (Å²) in [5.74, 6) is -1.99. The van der Waals surface area contributed by atoms with Gasteiger partial charge in [0.15, 0.2) is 0 Å². The van der Waals surface area contributed by atoms with Crippen LogP contribution in [0.5, 0.6) is 5.75 Å². The largest absolute Gasteiger partial charge is 0.502 e. The standard InChI is InChI=1S/C24H16ClFN2O5S/c25-18-7-4-8-19(26)17(18)13-27-23(30)21(34-24(27)31)12-16-10-15(9-14-5-2-1-3-6-14)11-20(22(16)29)28(32)33/h1-8,10-12,29H,9,13H2/b21-12-. The zero-order valence-corrected chi connectivity index (χ0v) is 19.0. The molecular formula is C24H16ClFN2O5S. The summed E-state index contributed by atoms with van der Waals surface area (Å²) in [6.07, 6.45) is 1.58. The number of benzene rings is 3. The SMILES string of the molecule is O=C1S/C(=C\c2cc(Cc3ccccc3)cc([N+](=O)[O-])c2O)C(=O)N1Cc1c(F)cccc1Cl. The Balaban J connectivity index is 1.68. The third kappa shape index (κ3) is 4.80. The van der Waals surface area contributed by atoms with Gasteiger partial charge in [0.1, 0.15) is 5.82 Å². The van der Waals surface area contributed by atoms with Crippen molar-refractivity contribution in [2.45, 2.75) is 13.0 Å². The van der Waals surface area contributed by atoms with Crippen LogP contribution in [0.4, 0.5) is 14.9 Å². The number of carbonyl (C=O) groups is 2. The van der Waals surface area contributed by atoms with Crippen LogP contribution >= 0.6 is 23.4 Å². The first-order chi connectivity index (χ1) is 16.2. The molecule has 10 heteroatoms. The zero-order chi connectivity index (χ0) is 24.4. The van der Waals surface area contributed by atoms with Crippen molar-refractivity contribution in [3.8, 4) is 5.75 Å². The Hall–Kier alpha value is -3.69. The molecule has 1 N–H and O–H groups in total. The van der Waals surface area contributed by atoms with E-state index in [0.29, 0.717) is 23.7 Å². The van der Waals surface area contributed by atoms with Crippen molar-refractivity contribution in [1.29, 1.82) is 0 Å². The number of nitro benzene ring substituents is 1. The molecule has 0 saturated carbocycles. The van der Waals surface area contributed by atoms with Crippen molar-refractivity contribution in [2.75, 3.05) is 0 Å². The summed E-state index contributed by atoms with van der Waals surface area (Å²) in [5.41, 5.74) is 0.942. The lowest BCUT2D eigenvalue weighted by atomic mass is 10.0. The van der Waals surface area contributed by atoms with E-state index in [2.05, 4.69) is 0 Å². The average molecular weight is 499 g/mol. The van der Waals surface area contributed by atoms with Gasteiger partial charge in [0.2, 0.25) is 5.75 Å². The van der Waals surface area contributed by atoms with Crippen LogP contribution in [0.2, 0.25) is 5.02 Å². The maximum absolute atomic E-state index is 14.1. The van der Waals surface area contributed by atoms with Gasteiger partial charge in [0.05, 0.1) is 16.4 Å². The second-order valence-electron chi connectivity index (χ2n) is 7.44. The molecule has 0 aromatic heterocycles. The van der Waals surface area contributed by atoms with Gasteiger partial charge in [-0.25, -0.2) is 4.39 Å². The maximum Gasteiger partial charge on any atom is 0.311 e. The number of imide groups is 1. The second-order valence-corrected chi connectivity index (χ2v) is 8.84. The van der Waals surface area contributed by atoms with Crippen molar-refractivity contribution < 1.29 is 24.0 Å². The Labute approximate surface area is 202 Å². The van der Waals surface area contributed by atoms with Crippen LogP contribution in [0.3, 0.4) is 0 Å². The van der Waals surface area contributed by atoms with E-state index in [1.165, 1.54) is 36.4 Å². The molecule has 3 aromatic rings. The van der Waals surface area contributed by atoms with Crippen molar-refractivity contribution in [2.24, 2.45) is 0 Å². The van der Waals surface area contributed by atoms with Crippen molar-refractivity contribution in [1.82, 2.24) is 4.90 Å². The van der Waals surface area contributed by atoms with Crippen LogP contribution in [0.15, 0.2) is 65.6 Å². The average Bonchev–Trinajstić information content (AvgIpc) is 3.06. The van der Waals surface area contributed by atoms with Crippen molar-refractivity contribution >= 4 is 46.3 Å². The summed E-state index contributed by atoms with van der Waals surface area (Å²) in [6, 6.07) is 16.1. The number of phenols is 1. The second kappa shape index (κ2) is 9.66. The lowest BCUT2D eigenvalue weighted by Crippen LogP contribution is -2.28. The van der Waals surface area contributed by atoms with Gasteiger partial charge in [-0.3, -0.25) is 24.6 Å². The molecule has 172 valence electrons. The van der Waals surface area contributed by atoms with E-state index in [1.807, 2.05) is 30.3 Å². The molecule has 0 aliphatic carbocycles. The van der Waals surface area contributed by atoms with Gasteiger partial charge in [-0.1, -0.05) is 48.0 Å². The predicted octanol–water partition coefficient (Wildman–Crippen LogP) is 5.92. The normalized spacial score (nSPS) is 14.8. The monoisotopic (exact) mass is 498 g/mol. The fourth-order valence-electron chi connectivity index (χ4n) is 3.50. The highest BCUT2D eigenvalue weighted by molar-refractivity contribution is 8.18. The van der Waals surface area contributed by atoms with Gasteiger partial charge in [0.25, 0.3) is 11.1 Å². The Kier molecular flexibility index (Phi) is 6.67. The van der Waals surface area contributed by atoms with E-state index < -0.39 is 33.3 Å². The number of hydrogen-bond donors (Lipinski definition) is 1. The molecule has 0 unspecified atom stereocenters. The Morgan fingerprint density at radius 3 is 2.50 bits per heavy atom. The highest BCUT2D eigenvalue weighted by Gasteiger charge is 2.36. The molecule has 1 fully saturated rings. The first-order valence-corrected chi connectivity index (χ1v) is 11.2. The molecule has 0 bridgehead atoms. The maximum atomic E-state index is 14.1. The number of hydrogen-bond acceptors (Lipinski definition) is 6. The van der Waals surface area contributed by atoms with Gasteiger partial charge in [0, 0.05) is 22.2 Å². The smallest absolute Gasteiger partial charge is 0.311 e. The molecule has 4 rings (SSSR count). The summed E-state index contributed by atoms with van der Waals surface area (Å²) >= 11 is 6.61. The van der Waals surface area contributed by atoms with E-state index in [1.54, 1.807) is 0 Å².